The van der Waals surface area contributed by atoms with Gasteiger partial charge in [0.15, 0.2) is 17.5 Å². The van der Waals surface area contributed by atoms with Crippen molar-refractivity contribution in [1.82, 2.24) is 15.3 Å². The Balaban J connectivity index is 1.70. The fourth-order valence-corrected chi connectivity index (χ4v) is 3.79. The molecule has 3 atom stereocenters. The molecule has 0 bridgehead atoms. The van der Waals surface area contributed by atoms with Crippen LogP contribution in [-0.2, 0) is 14.3 Å². The van der Waals surface area contributed by atoms with Gasteiger partial charge in [-0.15, -0.1) is 11.3 Å². The van der Waals surface area contributed by atoms with Gasteiger partial charge in [0.05, 0.1) is 7.11 Å². The van der Waals surface area contributed by atoms with Crippen LogP contribution in [0.2, 0.25) is 0 Å². The fraction of sp³-hybridized carbons (Fsp3) is 0.292. The summed E-state index contributed by atoms with van der Waals surface area (Å²) in [6, 6.07) is 9.51. The van der Waals surface area contributed by atoms with Crippen molar-refractivity contribution < 1.29 is 33.3 Å². The van der Waals surface area contributed by atoms with Crippen molar-refractivity contribution in [1.29, 1.82) is 0 Å². The van der Waals surface area contributed by atoms with Crippen LogP contribution in [0.1, 0.15) is 42.4 Å². The predicted molar refractivity (Wildman–Crippen MR) is 127 cm³/mol. The normalized spacial score (nSPS) is 13.1. The molecule has 0 aliphatic carbocycles. The molecule has 11 heteroatoms. The van der Waals surface area contributed by atoms with Crippen molar-refractivity contribution in [2.75, 3.05) is 7.11 Å². The number of nitrogens with one attached hydrogen (secondary N) is 1. The smallest absolute Gasteiger partial charge is 0.328 e. The van der Waals surface area contributed by atoms with Crippen LogP contribution in [0.15, 0.2) is 54.2 Å². The number of hydrogen-bond donors (Lipinski definition) is 1. The maximum atomic E-state index is 12.8. The minimum atomic E-state index is -1.04. The summed E-state index contributed by atoms with van der Waals surface area (Å²) < 4.78 is 21.9. The minimum Gasteiger partial charge on any atom is -0.493 e. The Labute approximate surface area is 206 Å². The third-order valence-electron chi connectivity index (χ3n) is 4.68. The van der Waals surface area contributed by atoms with Crippen molar-refractivity contribution in [3.8, 4) is 17.2 Å². The number of nitrogens with zero attached hydrogens (tertiary/aromatic N) is 2. The lowest BCUT2D eigenvalue weighted by atomic mass is 10.2. The molecule has 1 unspecified atom stereocenters. The molecule has 0 aliphatic rings. The van der Waals surface area contributed by atoms with Gasteiger partial charge in [-0.2, -0.15) is 0 Å². The van der Waals surface area contributed by atoms with Gasteiger partial charge < -0.3 is 24.3 Å². The van der Waals surface area contributed by atoms with Crippen LogP contribution in [0, 0.1) is 0 Å². The van der Waals surface area contributed by atoms with E-state index in [9.17, 15) is 14.4 Å². The molecule has 184 valence electrons. The summed E-state index contributed by atoms with van der Waals surface area (Å²) in [6.45, 7) is 4.34. The molecule has 2 aromatic heterocycles. The van der Waals surface area contributed by atoms with Gasteiger partial charge in [0.1, 0.15) is 22.9 Å². The highest BCUT2D eigenvalue weighted by molar-refractivity contribution is 7.09. The summed E-state index contributed by atoms with van der Waals surface area (Å²) in [5.74, 6) is -1.49. The minimum absolute atomic E-state index is 0.144. The molecule has 1 aromatic carbocycles. The average Bonchev–Trinajstić information content (AvgIpc) is 3.37. The van der Waals surface area contributed by atoms with E-state index in [2.05, 4.69) is 15.3 Å². The lowest BCUT2D eigenvalue weighted by molar-refractivity contribution is -0.154. The summed E-state index contributed by atoms with van der Waals surface area (Å²) >= 11 is 1.37. The Bertz CT molecular complexity index is 1160. The number of amides is 1. The lowest BCUT2D eigenvalue weighted by Gasteiger charge is -2.25. The third-order valence-corrected chi connectivity index (χ3v) is 5.52. The van der Waals surface area contributed by atoms with Gasteiger partial charge >= 0.3 is 11.9 Å². The van der Waals surface area contributed by atoms with Gasteiger partial charge in [-0.3, -0.25) is 9.59 Å². The fourth-order valence-electron chi connectivity index (χ4n) is 3.03. The first-order valence-electron chi connectivity index (χ1n) is 10.6. The highest BCUT2D eigenvalue weighted by Crippen LogP contribution is 2.30. The number of aromatic nitrogens is 2. The number of pyridine rings is 1. The second-order valence-corrected chi connectivity index (χ2v) is 8.27. The van der Waals surface area contributed by atoms with Crippen molar-refractivity contribution >= 4 is 29.2 Å². The van der Waals surface area contributed by atoms with Crippen LogP contribution in [0.25, 0.3) is 0 Å². The summed E-state index contributed by atoms with van der Waals surface area (Å²) in [7, 11) is 1.36. The van der Waals surface area contributed by atoms with Crippen molar-refractivity contribution in [3.05, 3.63) is 64.9 Å². The Kier molecular flexibility index (Phi) is 8.74. The van der Waals surface area contributed by atoms with E-state index in [-0.39, 0.29) is 17.2 Å². The van der Waals surface area contributed by atoms with Crippen LogP contribution in [0.5, 0.6) is 17.2 Å². The summed E-state index contributed by atoms with van der Waals surface area (Å²) in [6.07, 6.45) is 1.59. The molecule has 3 aromatic rings. The lowest BCUT2D eigenvalue weighted by Crippen LogP contribution is -2.42. The molecule has 0 aliphatic heterocycles. The summed E-state index contributed by atoms with van der Waals surface area (Å²) in [4.78, 5) is 45.4. The number of carbonyl (C=O) groups is 3. The monoisotopic (exact) mass is 499 g/mol. The zero-order chi connectivity index (χ0) is 25.4. The van der Waals surface area contributed by atoms with E-state index in [0.29, 0.717) is 10.8 Å². The predicted octanol–water partition coefficient (Wildman–Crippen LogP) is 3.34. The topological polar surface area (TPSA) is 126 Å². The molecule has 1 amide bonds. The maximum Gasteiger partial charge on any atom is 0.328 e. The third kappa shape index (κ3) is 6.76. The first-order chi connectivity index (χ1) is 16.8. The number of para-hydroxylation sites is 1. The molecule has 0 saturated heterocycles. The van der Waals surface area contributed by atoms with E-state index in [1.54, 1.807) is 30.6 Å². The van der Waals surface area contributed by atoms with E-state index >= 15 is 0 Å². The molecular weight excluding hydrogens is 474 g/mol. The number of hydrogen-bond acceptors (Lipinski definition) is 10. The van der Waals surface area contributed by atoms with Gasteiger partial charge in [-0.25, -0.2) is 14.8 Å². The number of benzene rings is 1. The number of esters is 2. The molecule has 2 heterocycles. The molecular formula is C24H25N3O7S. The van der Waals surface area contributed by atoms with Gasteiger partial charge in [0.25, 0.3) is 5.91 Å². The average molecular weight is 500 g/mol. The van der Waals surface area contributed by atoms with Gasteiger partial charge in [0.2, 0.25) is 5.75 Å². The molecule has 0 spiro atoms. The van der Waals surface area contributed by atoms with Crippen molar-refractivity contribution in [3.63, 3.8) is 0 Å². The highest BCUT2D eigenvalue weighted by atomic mass is 32.1. The SMILES string of the molecule is COc1ccnc(C(=O)N[C@@H](C)C(=O)O[C@@H](C)C(Oc2ccccc2)c2nccs2)c1OC(C)=O. The Hall–Kier alpha value is -3.99. The first-order valence-corrected chi connectivity index (χ1v) is 11.5. The van der Waals surface area contributed by atoms with Crippen LogP contribution >= 0.6 is 11.3 Å². The van der Waals surface area contributed by atoms with E-state index < -0.39 is 36.1 Å². The quantitative estimate of drug-likeness (QED) is 0.418. The van der Waals surface area contributed by atoms with Crippen LogP contribution in [0.3, 0.4) is 0 Å². The molecule has 0 fully saturated rings. The Morgan fingerprint density at radius 2 is 1.77 bits per heavy atom. The number of ether oxygens (including phenoxy) is 4. The van der Waals surface area contributed by atoms with E-state index in [4.69, 9.17) is 18.9 Å². The van der Waals surface area contributed by atoms with Crippen LogP contribution in [-0.4, -0.2) is 47.1 Å². The number of rotatable bonds is 10. The van der Waals surface area contributed by atoms with Crippen molar-refractivity contribution in [2.24, 2.45) is 0 Å². The molecule has 10 nitrogen and oxygen atoms in total. The second kappa shape index (κ2) is 11.9. The molecule has 3 rings (SSSR count). The molecule has 35 heavy (non-hydrogen) atoms. The van der Waals surface area contributed by atoms with E-state index in [1.165, 1.54) is 44.6 Å². The largest absolute Gasteiger partial charge is 0.493 e. The summed E-state index contributed by atoms with van der Waals surface area (Å²) in [5.41, 5.74) is -0.208. The van der Waals surface area contributed by atoms with E-state index in [0.717, 1.165) is 0 Å². The molecule has 0 saturated carbocycles. The number of carbonyl (C=O) groups excluding carboxylic acids is 3. The number of thiazole rings is 1. The van der Waals surface area contributed by atoms with Crippen LogP contribution in [0.4, 0.5) is 0 Å². The highest BCUT2D eigenvalue weighted by Gasteiger charge is 2.30. The zero-order valence-corrected chi connectivity index (χ0v) is 20.4. The Morgan fingerprint density at radius 3 is 2.40 bits per heavy atom. The van der Waals surface area contributed by atoms with Crippen molar-refractivity contribution in [2.45, 2.75) is 39.0 Å². The standard InChI is InChI=1S/C24H25N3O7S/c1-14(27-22(29)19-21(33-16(3)28)18(31-4)10-11-25-19)24(30)32-15(2)20(23-26-12-13-35-23)34-17-8-6-5-7-9-17/h5-15,20H,1-4H3,(H,27,29)/t14-,15-,20?/m0/s1. The van der Waals surface area contributed by atoms with Crippen LogP contribution < -0.4 is 19.5 Å². The summed E-state index contributed by atoms with van der Waals surface area (Å²) in [5, 5.41) is 4.95. The first kappa shape index (κ1) is 25.6. The zero-order valence-electron chi connectivity index (χ0n) is 19.6. The second-order valence-electron chi connectivity index (χ2n) is 7.34. The maximum absolute atomic E-state index is 12.8. The van der Waals surface area contributed by atoms with Gasteiger partial charge in [0, 0.05) is 30.8 Å². The molecule has 1 N–H and O–H groups in total. The van der Waals surface area contributed by atoms with Gasteiger partial charge in [-0.05, 0) is 26.0 Å². The van der Waals surface area contributed by atoms with E-state index in [1.807, 2.05) is 18.2 Å². The van der Waals surface area contributed by atoms with Gasteiger partial charge in [-0.1, -0.05) is 18.2 Å². The Morgan fingerprint density at radius 1 is 1.03 bits per heavy atom. The number of methoxy groups -OCH3 is 1. The molecule has 0 radical (unpaired) electrons.